The maximum Gasteiger partial charge on any atom is 0.293 e. The molecular formula is C18H22N4OS. The van der Waals surface area contributed by atoms with Crippen molar-refractivity contribution in [3.63, 3.8) is 0 Å². The minimum absolute atomic E-state index is 0.0512. The largest absolute Gasteiger partial charge is 0.364 e. The van der Waals surface area contributed by atoms with Gasteiger partial charge in [0, 0.05) is 30.2 Å². The lowest BCUT2D eigenvalue weighted by Gasteiger charge is -2.26. The molecule has 0 atom stereocenters. The molecule has 0 saturated carbocycles. The van der Waals surface area contributed by atoms with E-state index in [-0.39, 0.29) is 5.56 Å². The van der Waals surface area contributed by atoms with E-state index in [9.17, 15) is 4.79 Å². The first-order valence-electron chi connectivity index (χ1n) is 8.58. The van der Waals surface area contributed by atoms with Crippen molar-refractivity contribution in [3.8, 4) is 0 Å². The number of rotatable bonds is 4. The molecule has 6 heteroatoms. The molecular weight excluding hydrogens is 320 g/mol. The standard InChI is InChI=1S/C18H22N4OS/c1-21-15-13-7-3-4-8-14(13)24-17(15)20-16(18(21)23)19-9-12-22-10-5-2-6-11-22/h3-4,7-8H,2,5-6,9-12H2,1H3,(H,19,20). The molecule has 1 aliphatic rings. The Morgan fingerprint density at radius 1 is 1.21 bits per heavy atom. The fourth-order valence-corrected chi connectivity index (χ4v) is 4.57. The SMILES string of the molecule is Cn1c(=O)c(NCCN2CCCCC2)nc2sc3ccccc3c21. The van der Waals surface area contributed by atoms with Crippen molar-refractivity contribution < 1.29 is 0 Å². The van der Waals surface area contributed by atoms with Gasteiger partial charge in [-0.05, 0) is 32.0 Å². The molecule has 4 rings (SSSR count). The molecule has 5 nitrogen and oxygen atoms in total. The second-order valence-corrected chi connectivity index (χ2v) is 7.44. The molecule has 3 aromatic rings. The van der Waals surface area contributed by atoms with Gasteiger partial charge in [-0.25, -0.2) is 4.98 Å². The van der Waals surface area contributed by atoms with Crippen LogP contribution in [0.4, 0.5) is 5.82 Å². The van der Waals surface area contributed by atoms with Gasteiger partial charge in [-0.3, -0.25) is 4.79 Å². The van der Waals surface area contributed by atoms with Crippen LogP contribution in [-0.2, 0) is 7.05 Å². The van der Waals surface area contributed by atoms with Gasteiger partial charge in [0.15, 0.2) is 5.82 Å². The molecule has 0 spiro atoms. The molecule has 24 heavy (non-hydrogen) atoms. The average Bonchev–Trinajstić information content (AvgIpc) is 2.98. The predicted octanol–water partition coefficient (Wildman–Crippen LogP) is 3.05. The fourth-order valence-electron chi connectivity index (χ4n) is 3.46. The Morgan fingerprint density at radius 2 is 2.00 bits per heavy atom. The number of aryl methyl sites for hydroxylation is 1. The number of aromatic nitrogens is 2. The first-order valence-corrected chi connectivity index (χ1v) is 9.40. The minimum Gasteiger partial charge on any atom is -0.364 e. The first kappa shape index (κ1) is 15.6. The Balaban J connectivity index is 1.60. The normalized spacial score (nSPS) is 16.0. The van der Waals surface area contributed by atoms with Crippen LogP contribution in [0.25, 0.3) is 20.4 Å². The number of fused-ring (bicyclic) bond motifs is 3. The van der Waals surface area contributed by atoms with Crippen LogP contribution >= 0.6 is 11.3 Å². The Hall–Kier alpha value is -1.92. The van der Waals surface area contributed by atoms with Crippen LogP contribution in [0.5, 0.6) is 0 Å². The van der Waals surface area contributed by atoms with E-state index < -0.39 is 0 Å². The summed E-state index contributed by atoms with van der Waals surface area (Å²) < 4.78 is 2.89. The van der Waals surface area contributed by atoms with Gasteiger partial charge in [-0.15, -0.1) is 11.3 Å². The lowest BCUT2D eigenvalue weighted by Crippen LogP contribution is -2.34. The van der Waals surface area contributed by atoms with Crippen molar-refractivity contribution in [2.45, 2.75) is 19.3 Å². The zero-order valence-electron chi connectivity index (χ0n) is 13.9. The van der Waals surface area contributed by atoms with Crippen LogP contribution in [-0.4, -0.2) is 40.6 Å². The van der Waals surface area contributed by atoms with Crippen LogP contribution < -0.4 is 10.9 Å². The number of benzene rings is 1. The zero-order valence-corrected chi connectivity index (χ0v) is 14.7. The van der Waals surface area contributed by atoms with E-state index in [1.165, 1.54) is 37.1 Å². The van der Waals surface area contributed by atoms with Crippen molar-refractivity contribution in [1.29, 1.82) is 0 Å². The molecule has 0 amide bonds. The number of hydrogen-bond acceptors (Lipinski definition) is 5. The van der Waals surface area contributed by atoms with Gasteiger partial charge in [0.1, 0.15) is 4.83 Å². The van der Waals surface area contributed by atoms with Crippen LogP contribution in [0.15, 0.2) is 29.1 Å². The van der Waals surface area contributed by atoms with Gasteiger partial charge in [0.05, 0.1) is 5.52 Å². The summed E-state index contributed by atoms with van der Waals surface area (Å²) in [6.45, 7) is 4.07. The number of likely N-dealkylation sites (tertiary alicyclic amines) is 1. The van der Waals surface area contributed by atoms with E-state index in [0.29, 0.717) is 5.82 Å². The molecule has 0 bridgehead atoms. The molecule has 126 valence electrons. The van der Waals surface area contributed by atoms with Crippen LogP contribution in [0.1, 0.15) is 19.3 Å². The van der Waals surface area contributed by atoms with Gasteiger partial charge in [-0.1, -0.05) is 24.6 Å². The summed E-state index contributed by atoms with van der Waals surface area (Å²) in [7, 11) is 1.83. The highest BCUT2D eigenvalue weighted by atomic mass is 32.1. The summed E-state index contributed by atoms with van der Waals surface area (Å²) >= 11 is 1.64. The number of nitrogens with one attached hydrogen (secondary N) is 1. The average molecular weight is 342 g/mol. The smallest absolute Gasteiger partial charge is 0.293 e. The fraction of sp³-hybridized carbons (Fsp3) is 0.444. The van der Waals surface area contributed by atoms with Gasteiger partial charge in [0.2, 0.25) is 0 Å². The number of piperidine rings is 1. The summed E-state index contributed by atoms with van der Waals surface area (Å²) in [6.07, 6.45) is 3.91. The quantitative estimate of drug-likeness (QED) is 0.792. The van der Waals surface area contributed by atoms with E-state index in [0.717, 1.165) is 28.8 Å². The van der Waals surface area contributed by atoms with Crippen molar-refractivity contribution >= 4 is 37.6 Å². The van der Waals surface area contributed by atoms with E-state index in [1.807, 2.05) is 19.2 Å². The molecule has 0 aliphatic carbocycles. The van der Waals surface area contributed by atoms with E-state index in [1.54, 1.807) is 15.9 Å². The predicted molar refractivity (Wildman–Crippen MR) is 101 cm³/mol. The maximum atomic E-state index is 12.6. The van der Waals surface area contributed by atoms with Crippen LogP contribution in [0.3, 0.4) is 0 Å². The van der Waals surface area contributed by atoms with Gasteiger partial charge < -0.3 is 14.8 Å². The van der Waals surface area contributed by atoms with Crippen molar-refractivity contribution in [3.05, 3.63) is 34.6 Å². The third-order valence-corrected chi connectivity index (χ3v) is 5.83. The van der Waals surface area contributed by atoms with Gasteiger partial charge in [0.25, 0.3) is 5.56 Å². The first-order chi connectivity index (χ1) is 11.7. The molecule has 1 aliphatic heterocycles. The third-order valence-electron chi connectivity index (χ3n) is 4.78. The second kappa shape index (κ2) is 6.53. The number of hydrogen-bond donors (Lipinski definition) is 1. The molecule has 1 fully saturated rings. The molecule has 1 saturated heterocycles. The van der Waals surface area contributed by atoms with Gasteiger partial charge >= 0.3 is 0 Å². The Morgan fingerprint density at radius 3 is 2.83 bits per heavy atom. The zero-order chi connectivity index (χ0) is 16.5. The number of anilines is 1. The van der Waals surface area contributed by atoms with Crippen molar-refractivity contribution in [1.82, 2.24) is 14.5 Å². The van der Waals surface area contributed by atoms with Gasteiger partial charge in [-0.2, -0.15) is 0 Å². The number of thiophene rings is 1. The lowest BCUT2D eigenvalue weighted by atomic mass is 10.1. The topological polar surface area (TPSA) is 50.2 Å². The number of nitrogens with zero attached hydrogens (tertiary/aromatic N) is 3. The Kier molecular flexibility index (Phi) is 4.24. The van der Waals surface area contributed by atoms with Crippen molar-refractivity contribution in [2.24, 2.45) is 7.05 Å². The van der Waals surface area contributed by atoms with Crippen LogP contribution in [0.2, 0.25) is 0 Å². The lowest BCUT2D eigenvalue weighted by molar-refractivity contribution is 0.237. The summed E-state index contributed by atoms with van der Waals surface area (Å²) in [6, 6.07) is 8.16. The summed E-state index contributed by atoms with van der Waals surface area (Å²) in [5.41, 5.74) is 0.881. The highest BCUT2D eigenvalue weighted by molar-refractivity contribution is 7.25. The van der Waals surface area contributed by atoms with E-state index >= 15 is 0 Å². The van der Waals surface area contributed by atoms with E-state index in [4.69, 9.17) is 0 Å². The summed E-state index contributed by atoms with van der Waals surface area (Å²) in [5, 5.41) is 4.36. The molecule has 0 radical (unpaired) electrons. The minimum atomic E-state index is -0.0512. The van der Waals surface area contributed by atoms with E-state index in [2.05, 4.69) is 27.3 Å². The summed E-state index contributed by atoms with van der Waals surface area (Å²) in [4.78, 5) is 20.6. The molecule has 1 aromatic carbocycles. The second-order valence-electron chi connectivity index (χ2n) is 6.41. The monoisotopic (exact) mass is 342 g/mol. The Labute approximate surface area is 144 Å². The molecule has 0 unspecified atom stereocenters. The third kappa shape index (κ3) is 2.80. The maximum absolute atomic E-state index is 12.6. The highest BCUT2D eigenvalue weighted by Crippen LogP contribution is 2.31. The highest BCUT2D eigenvalue weighted by Gasteiger charge is 2.14. The molecule has 3 heterocycles. The molecule has 2 aromatic heterocycles. The molecule has 1 N–H and O–H groups in total. The van der Waals surface area contributed by atoms with Crippen molar-refractivity contribution in [2.75, 3.05) is 31.5 Å². The van der Waals surface area contributed by atoms with Crippen LogP contribution in [0, 0.1) is 0 Å². The Bertz CT molecular complexity index is 924. The summed E-state index contributed by atoms with van der Waals surface area (Å²) in [5.74, 6) is 0.466.